The summed E-state index contributed by atoms with van der Waals surface area (Å²) in [4.78, 5) is 47.0. The highest BCUT2D eigenvalue weighted by Crippen LogP contribution is 2.62. The molecule has 0 aromatic heterocycles. The molecule has 2 aromatic rings. The van der Waals surface area contributed by atoms with Crippen molar-refractivity contribution >= 4 is 23.6 Å². The molecule has 410 valence electrons. The highest BCUT2D eigenvalue weighted by Gasteiger charge is 2.66. The van der Waals surface area contributed by atoms with Crippen molar-refractivity contribution in [2.45, 2.75) is 159 Å². The van der Waals surface area contributed by atoms with Crippen LogP contribution in [0.15, 0.2) is 71.9 Å². The standard InChI is InChI=1S/C56H82N4O14/c1-3-5-6-7-8-9-10-11-12-16-29-57-54(64)71-44-27-28-49-47(39-44)52-45(21-14-18-32-62)41(20-13-17-31-61)38-46-48(58-74-51-22-15-19-35-69-51)40-50(56(73-49,53(46)52)70-34-4-2)59(30-36-68-37-33-63)55(65)72-43-25-23-42(24-26-43)60(66)67/h4,23-28,38-39,41,45,50-53,61-63H,2-3,5-22,29-37,40H2,1H3,(H,57,64). The van der Waals surface area contributed by atoms with E-state index in [4.69, 9.17) is 38.4 Å². The number of hydrogen-bond donors (Lipinski definition) is 4. The van der Waals surface area contributed by atoms with Crippen molar-refractivity contribution in [2.75, 3.05) is 59.3 Å². The Balaban J connectivity index is 1.42. The number of nitro benzene ring substituents is 1. The topological polar surface area (TPSA) is 230 Å². The number of aliphatic hydroxyl groups is 3. The van der Waals surface area contributed by atoms with Gasteiger partial charge >= 0.3 is 12.2 Å². The van der Waals surface area contributed by atoms with Crippen molar-refractivity contribution in [3.63, 3.8) is 0 Å². The number of benzene rings is 2. The Morgan fingerprint density at radius 2 is 1.61 bits per heavy atom. The van der Waals surface area contributed by atoms with Gasteiger partial charge < -0.3 is 53.9 Å². The highest BCUT2D eigenvalue weighted by molar-refractivity contribution is 6.03. The predicted molar refractivity (Wildman–Crippen MR) is 279 cm³/mol. The molecule has 18 nitrogen and oxygen atoms in total. The maximum Gasteiger partial charge on any atom is 0.415 e. The van der Waals surface area contributed by atoms with E-state index in [0.29, 0.717) is 62.5 Å². The molecule has 2 heterocycles. The predicted octanol–water partition coefficient (Wildman–Crippen LogP) is 10.3. The Bertz CT molecular complexity index is 2120. The van der Waals surface area contributed by atoms with Crippen molar-refractivity contribution in [3.05, 3.63) is 82.4 Å². The van der Waals surface area contributed by atoms with E-state index in [0.717, 1.165) is 56.1 Å². The van der Waals surface area contributed by atoms with Gasteiger partial charge in [0.25, 0.3) is 5.69 Å². The van der Waals surface area contributed by atoms with Crippen LogP contribution in [0, 0.1) is 27.9 Å². The number of nitrogens with one attached hydrogen (secondary N) is 1. The van der Waals surface area contributed by atoms with Crippen LogP contribution in [0.1, 0.15) is 147 Å². The van der Waals surface area contributed by atoms with Crippen LogP contribution in [0.4, 0.5) is 15.3 Å². The molecular formula is C56H82N4O14. The third-order valence-electron chi connectivity index (χ3n) is 14.6. The van der Waals surface area contributed by atoms with E-state index in [2.05, 4.69) is 24.9 Å². The van der Waals surface area contributed by atoms with Crippen LogP contribution in [0.2, 0.25) is 0 Å². The molecule has 2 aliphatic heterocycles. The molecule has 6 rings (SSSR count). The number of nitro groups is 1. The SMILES string of the molecule is C=CCOC12Oc3ccc(OC(=O)NCCCCCCCCCCCC)cc3C3C(CCCCO)C(CCCCO)C=C(C(=NOC4CCCCO4)CC1N(CCOCCO)C(=O)Oc1ccc([N+](=O)[O-])cc1)C32. The number of aliphatic hydroxyl groups excluding tert-OH is 3. The Kier molecular flexibility index (Phi) is 24.4. The van der Waals surface area contributed by atoms with Gasteiger partial charge in [0, 0.05) is 62.8 Å². The lowest BCUT2D eigenvalue weighted by Crippen LogP contribution is -2.70. The Labute approximate surface area is 436 Å². The van der Waals surface area contributed by atoms with Gasteiger partial charge in [-0.15, -0.1) is 6.58 Å². The smallest absolute Gasteiger partial charge is 0.415 e. The summed E-state index contributed by atoms with van der Waals surface area (Å²) >= 11 is 0. The molecule has 0 radical (unpaired) electrons. The van der Waals surface area contributed by atoms with Crippen LogP contribution < -0.4 is 19.5 Å². The first kappa shape index (κ1) is 58.2. The van der Waals surface area contributed by atoms with Crippen molar-refractivity contribution < 1.29 is 63.1 Å². The van der Waals surface area contributed by atoms with Crippen LogP contribution in [0.5, 0.6) is 17.2 Å². The average Bonchev–Trinajstić information content (AvgIpc) is 3.41. The highest BCUT2D eigenvalue weighted by atomic mass is 16.8. The van der Waals surface area contributed by atoms with Crippen LogP contribution >= 0.6 is 0 Å². The molecule has 4 N–H and O–H groups in total. The molecule has 7 unspecified atom stereocenters. The van der Waals surface area contributed by atoms with Gasteiger partial charge in [0.05, 0.1) is 49.6 Å². The van der Waals surface area contributed by atoms with Gasteiger partial charge in [-0.25, -0.2) is 9.59 Å². The Morgan fingerprint density at radius 3 is 2.28 bits per heavy atom. The largest absolute Gasteiger partial charge is 0.459 e. The number of hydrogen-bond acceptors (Lipinski definition) is 15. The number of carbonyl (C=O) groups is 2. The molecule has 2 fully saturated rings. The average molecular weight is 1040 g/mol. The quantitative estimate of drug-likeness (QED) is 0.0226. The minimum absolute atomic E-state index is 0.00297. The van der Waals surface area contributed by atoms with Crippen molar-refractivity contribution in [1.82, 2.24) is 10.2 Å². The fourth-order valence-electron chi connectivity index (χ4n) is 11.1. The number of amides is 2. The second-order valence-corrected chi connectivity index (χ2v) is 19.8. The molecule has 18 heteroatoms. The summed E-state index contributed by atoms with van der Waals surface area (Å²) in [6, 6.07) is 9.52. The van der Waals surface area contributed by atoms with Gasteiger partial charge in [0.15, 0.2) is 0 Å². The first-order chi connectivity index (χ1) is 36.2. The summed E-state index contributed by atoms with van der Waals surface area (Å²) in [5.41, 5.74) is 1.92. The molecule has 2 amide bonds. The van der Waals surface area contributed by atoms with Gasteiger partial charge in [-0.2, -0.15) is 0 Å². The van der Waals surface area contributed by atoms with Crippen LogP contribution in [-0.4, -0.2) is 120 Å². The molecule has 0 spiro atoms. The molecule has 74 heavy (non-hydrogen) atoms. The summed E-state index contributed by atoms with van der Waals surface area (Å²) in [5, 5.41) is 49.1. The summed E-state index contributed by atoms with van der Waals surface area (Å²) < 4.78 is 38.2. The van der Waals surface area contributed by atoms with Crippen LogP contribution in [-0.2, 0) is 19.0 Å². The summed E-state index contributed by atoms with van der Waals surface area (Å²) in [7, 11) is 0. The lowest BCUT2D eigenvalue weighted by Gasteiger charge is -2.59. The second-order valence-electron chi connectivity index (χ2n) is 19.8. The number of nitrogens with zero attached hydrogens (tertiary/aromatic N) is 3. The molecule has 1 saturated heterocycles. The van der Waals surface area contributed by atoms with E-state index < -0.39 is 47.1 Å². The number of ether oxygens (including phenoxy) is 6. The van der Waals surface area contributed by atoms with E-state index >= 15 is 0 Å². The zero-order chi connectivity index (χ0) is 52.5. The number of fused-ring (bicyclic) bond motifs is 2. The first-order valence-corrected chi connectivity index (χ1v) is 27.4. The number of carbonyl (C=O) groups excluding carboxylic acids is 2. The Hall–Kier alpha value is -5.11. The second kappa shape index (κ2) is 31.1. The van der Waals surface area contributed by atoms with Crippen molar-refractivity contribution in [2.24, 2.45) is 22.9 Å². The van der Waals surface area contributed by atoms with Crippen molar-refractivity contribution in [3.8, 4) is 17.2 Å². The Morgan fingerprint density at radius 1 is 0.892 bits per heavy atom. The lowest BCUT2D eigenvalue weighted by atomic mass is 9.55. The van der Waals surface area contributed by atoms with Gasteiger partial charge in [-0.1, -0.05) is 94.9 Å². The van der Waals surface area contributed by atoms with Crippen LogP contribution in [0.25, 0.3) is 0 Å². The summed E-state index contributed by atoms with van der Waals surface area (Å²) in [5.74, 6) is -2.11. The first-order valence-electron chi connectivity index (χ1n) is 27.4. The van der Waals surface area contributed by atoms with E-state index in [1.54, 1.807) is 18.2 Å². The maximum absolute atomic E-state index is 14.9. The number of rotatable bonds is 33. The number of unbranched alkanes of at least 4 members (excludes halogenated alkanes) is 11. The molecule has 1 saturated carbocycles. The van der Waals surface area contributed by atoms with E-state index in [1.165, 1.54) is 74.1 Å². The molecule has 2 aliphatic carbocycles. The number of oxime groups is 1. The number of non-ortho nitro benzene ring substituents is 1. The van der Waals surface area contributed by atoms with E-state index in [9.17, 15) is 35.0 Å². The normalized spacial score (nSPS) is 23.4. The van der Waals surface area contributed by atoms with Gasteiger partial charge in [0.1, 0.15) is 23.3 Å². The van der Waals surface area contributed by atoms with Gasteiger partial charge in [-0.05, 0) is 92.7 Å². The summed E-state index contributed by atoms with van der Waals surface area (Å²) in [6.45, 7) is 6.98. The molecule has 0 bridgehead atoms. The van der Waals surface area contributed by atoms with Gasteiger partial charge in [0.2, 0.25) is 12.1 Å². The summed E-state index contributed by atoms with van der Waals surface area (Å²) in [6.07, 6.45) is 20.2. The van der Waals surface area contributed by atoms with E-state index in [1.807, 2.05) is 6.07 Å². The fraction of sp³-hybridized carbons (Fsp3) is 0.661. The van der Waals surface area contributed by atoms with Crippen molar-refractivity contribution in [1.29, 1.82) is 0 Å². The zero-order valence-corrected chi connectivity index (χ0v) is 43.5. The fourth-order valence-corrected chi connectivity index (χ4v) is 11.1. The van der Waals surface area contributed by atoms with E-state index in [-0.39, 0.29) is 75.9 Å². The van der Waals surface area contributed by atoms with Gasteiger partial charge in [-0.3, -0.25) is 15.0 Å². The molecule has 4 aliphatic rings. The minimum Gasteiger partial charge on any atom is -0.459 e. The number of allylic oxidation sites excluding steroid dienone is 1. The third-order valence-corrected chi connectivity index (χ3v) is 14.6. The maximum atomic E-state index is 14.9. The minimum atomic E-state index is -1.66. The molecule has 7 atom stereocenters. The molecule has 2 aromatic carbocycles. The van der Waals surface area contributed by atoms with Crippen LogP contribution in [0.3, 0.4) is 0 Å². The zero-order valence-electron chi connectivity index (χ0n) is 43.5. The monoisotopic (exact) mass is 1030 g/mol. The third kappa shape index (κ3) is 16.2. The lowest BCUT2D eigenvalue weighted by molar-refractivity contribution is -0.384. The molecular weight excluding hydrogens is 953 g/mol.